The molecule has 0 aliphatic heterocycles. The fourth-order valence-electron chi connectivity index (χ4n) is 2.41. The number of hydrogen-bond donors (Lipinski definition) is 2. The zero-order valence-corrected chi connectivity index (χ0v) is 17.9. The van der Waals surface area contributed by atoms with E-state index in [1.807, 2.05) is 0 Å². The van der Waals surface area contributed by atoms with E-state index >= 15 is 0 Å². The van der Waals surface area contributed by atoms with Gasteiger partial charge in [0.2, 0.25) is 0 Å². The summed E-state index contributed by atoms with van der Waals surface area (Å²) >= 11 is 1.71. The van der Waals surface area contributed by atoms with E-state index in [9.17, 15) is 0 Å². The van der Waals surface area contributed by atoms with Crippen molar-refractivity contribution < 1.29 is 4.74 Å². The van der Waals surface area contributed by atoms with Gasteiger partial charge in [0.25, 0.3) is 0 Å². The van der Waals surface area contributed by atoms with E-state index in [4.69, 9.17) is 4.74 Å². The Morgan fingerprint density at radius 3 is 2.72 bits per heavy atom. The zero-order chi connectivity index (χ0) is 16.8. The van der Waals surface area contributed by atoms with Gasteiger partial charge in [-0.2, -0.15) is 11.3 Å². The average molecular weight is 471 g/mol. The Morgan fingerprint density at radius 2 is 2.04 bits per heavy atom. The maximum atomic E-state index is 6.03. The van der Waals surface area contributed by atoms with Crippen LogP contribution in [0.15, 0.2) is 40.0 Å². The van der Waals surface area contributed by atoms with Gasteiger partial charge in [-0.25, -0.2) is 0 Å². The molecule has 0 atom stereocenters. The molecule has 3 rings (SSSR count). The van der Waals surface area contributed by atoms with Crippen molar-refractivity contribution >= 4 is 41.3 Å². The Hall–Kier alpha value is -1.28. The van der Waals surface area contributed by atoms with E-state index in [1.165, 1.54) is 29.5 Å². The van der Waals surface area contributed by atoms with Crippen molar-refractivity contribution in [1.29, 1.82) is 0 Å². The van der Waals surface area contributed by atoms with Gasteiger partial charge in [-0.1, -0.05) is 12.1 Å². The van der Waals surface area contributed by atoms with Gasteiger partial charge in [0.15, 0.2) is 5.96 Å². The molecular formula is C19H26IN3OS. The van der Waals surface area contributed by atoms with E-state index < -0.39 is 0 Å². The van der Waals surface area contributed by atoms with Gasteiger partial charge >= 0.3 is 0 Å². The van der Waals surface area contributed by atoms with E-state index in [2.05, 4.69) is 57.6 Å². The summed E-state index contributed by atoms with van der Waals surface area (Å²) in [6.45, 7) is 4.41. The average Bonchev–Trinajstić information content (AvgIpc) is 3.28. The van der Waals surface area contributed by atoms with Crippen molar-refractivity contribution in [2.24, 2.45) is 10.9 Å². The lowest BCUT2D eigenvalue weighted by atomic mass is 10.1. The Kier molecular flexibility index (Phi) is 8.02. The Morgan fingerprint density at radius 1 is 1.24 bits per heavy atom. The number of nitrogens with one attached hydrogen (secondary N) is 2. The largest absolute Gasteiger partial charge is 0.493 e. The van der Waals surface area contributed by atoms with Crippen molar-refractivity contribution in [3.05, 3.63) is 51.7 Å². The lowest BCUT2D eigenvalue weighted by Gasteiger charge is -2.15. The van der Waals surface area contributed by atoms with Crippen LogP contribution in [0.1, 0.15) is 29.5 Å². The molecule has 1 heterocycles. The maximum Gasteiger partial charge on any atom is 0.191 e. The fraction of sp³-hybridized carbons (Fsp3) is 0.421. The number of guanidine groups is 1. The van der Waals surface area contributed by atoms with Crippen LogP contribution >= 0.6 is 35.3 Å². The fourth-order valence-corrected chi connectivity index (χ4v) is 3.08. The molecule has 1 aliphatic carbocycles. The van der Waals surface area contributed by atoms with Crippen molar-refractivity contribution in [2.75, 3.05) is 13.7 Å². The lowest BCUT2D eigenvalue weighted by Crippen LogP contribution is -2.36. The van der Waals surface area contributed by atoms with Gasteiger partial charge in [-0.05, 0) is 59.7 Å². The van der Waals surface area contributed by atoms with Gasteiger partial charge in [0.05, 0.1) is 6.61 Å². The third kappa shape index (κ3) is 6.51. The third-order valence-electron chi connectivity index (χ3n) is 4.10. The molecular weight excluding hydrogens is 445 g/mol. The molecule has 136 valence electrons. The first-order valence-electron chi connectivity index (χ1n) is 8.42. The lowest BCUT2D eigenvalue weighted by molar-refractivity contribution is 0.296. The van der Waals surface area contributed by atoms with Gasteiger partial charge in [0.1, 0.15) is 5.75 Å². The monoisotopic (exact) mass is 471 g/mol. The number of benzene rings is 1. The smallest absolute Gasteiger partial charge is 0.191 e. The first-order valence-corrected chi connectivity index (χ1v) is 9.37. The van der Waals surface area contributed by atoms with Crippen molar-refractivity contribution in [3.8, 4) is 5.75 Å². The van der Waals surface area contributed by atoms with Crippen molar-refractivity contribution in [1.82, 2.24) is 10.6 Å². The second kappa shape index (κ2) is 10.0. The standard InChI is InChI=1S/C19H25N3OS.HI/c1-14-3-6-17(18(9-14)23-12-15-4-5-15)11-22-19(20-2)21-10-16-7-8-24-13-16;/h3,6-9,13,15H,4-5,10-12H2,1-2H3,(H2,20,21,22);1H. The summed E-state index contributed by atoms with van der Waals surface area (Å²) in [4.78, 5) is 4.29. The minimum atomic E-state index is 0. The third-order valence-corrected chi connectivity index (χ3v) is 4.84. The topological polar surface area (TPSA) is 45.7 Å². The van der Waals surface area contributed by atoms with Gasteiger partial charge < -0.3 is 15.4 Å². The summed E-state index contributed by atoms with van der Waals surface area (Å²) in [6.07, 6.45) is 2.61. The van der Waals surface area contributed by atoms with Gasteiger partial charge in [0, 0.05) is 25.7 Å². The van der Waals surface area contributed by atoms with Crippen LogP contribution in [0.3, 0.4) is 0 Å². The van der Waals surface area contributed by atoms with E-state index in [1.54, 1.807) is 18.4 Å². The molecule has 0 amide bonds. The highest BCUT2D eigenvalue weighted by atomic mass is 127. The quantitative estimate of drug-likeness (QED) is 0.359. The number of aliphatic imine (C=N–C) groups is 1. The number of ether oxygens (including phenoxy) is 1. The van der Waals surface area contributed by atoms with Crippen LogP contribution in [0.4, 0.5) is 0 Å². The van der Waals surface area contributed by atoms with Crippen LogP contribution in [-0.2, 0) is 13.1 Å². The molecule has 1 aliphatic rings. The summed E-state index contributed by atoms with van der Waals surface area (Å²) in [5.74, 6) is 2.55. The zero-order valence-electron chi connectivity index (χ0n) is 14.7. The highest BCUT2D eigenvalue weighted by molar-refractivity contribution is 14.0. The summed E-state index contributed by atoms with van der Waals surface area (Å²) in [7, 11) is 1.79. The predicted octanol–water partition coefficient (Wildman–Crippen LogP) is 4.33. The van der Waals surface area contributed by atoms with Crippen LogP contribution in [0.25, 0.3) is 0 Å². The van der Waals surface area contributed by atoms with Crippen LogP contribution in [0.2, 0.25) is 0 Å². The molecule has 0 unspecified atom stereocenters. The normalized spacial score (nSPS) is 13.9. The van der Waals surface area contributed by atoms with E-state index in [-0.39, 0.29) is 24.0 Å². The van der Waals surface area contributed by atoms with Crippen LogP contribution in [0, 0.1) is 12.8 Å². The second-order valence-corrected chi connectivity index (χ2v) is 7.06. The molecule has 0 saturated heterocycles. The Balaban J connectivity index is 0.00000225. The first-order chi connectivity index (χ1) is 11.7. The molecule has 0 bridgehead atoms. The molecule has 0 radical (unpaired) electrons. The number of hydrogen-bond acceptors (Lipinski definition) is 3. The highest BCUT2D eigenvalue weighted by Gasteiger charge is 2.22. The SMILES string of the molecule is CN=C(NCc1ccsc1)NCc1ccc(C)cc1OCC1CC1.I. The summed E-state index contributed by atoms with van der Waals surface area (Å²) in [5, 5.41) is 10.9. The van der Waals surface area contributed by atoms with Crippen LogP contribution in [0.5, 0.6) is 5.75 Å². The first kappa shape index (κ1) is 20.0. The molecule has 2 N–H and O–H groups in total. The number of thiophene rings is 1. The van der Waals surface area contributed by atoms with Crippen molar-refractivity contribution in [2.45, 2.75) is 32.9 Å². The molecule has 4 nitrogen and oxygen atoms in total. The summed E-state index contributed by atoms with van der Waals surface area (Å²) in [5.41, 5.74) is 3.66. The minimum Gasteiger partial charge on any atom is -0.493 e. The Bertz CT molecular complexity index is 684. The second-order valence-electron chi connectivity index (χ2n) is 6.28. The molecule has 1 saturated carbocycles. The Labute approximate surface area is 171 Å². The molecule has 1 fully saturated rings. The minimum absolute atomic E-state index is 0. The van der Waals surface area contributed by atoms with Crippen LogP contribution < -0.4 is 15.4 Å². The molecule has 25 heavy (non-hydrogen) atoms. The molecule has 2 aromatic rings. The van der Waals surface area contributed by atoms with Gasteiger partial charge in [-0.3, -0.25) is 4.99 Å². The van der Waals surface area contributed by atoms with Gasteiger partial charge in [-0.15, -0.1) is 24.0 Å². The summed E-state index contributed by atoms with van der Waals surface area (Å²) < 4.78 is 6.03. The van der Waals surface area contributed by atoms with E-state index in [0.717, 1.165) is 30.8 Å². The summed E-state index contributed by atoms with van der Waals surface area (Å²) in [6, 6.07) is 8.51. The highest BCUT2D eigenvalue weighted by Crippen LogP contribution is 2.30. The number of halogens is 1. The van der Waals surface area contributed by atoms with Crippen molar-refractivity contribution in [3.63, 3.8) is 0 Å². The predicted molar refractivity (Wildman–Crippen MR) is 116 cm³/mol. The molecule has 1 aromatic heterocycles. The maximum absolute atomic E-state index is 6.03. The number of nitrogens with zero attached hydrogens (tertiary/aromatic N) is 1. The molecule has 0 spiro atoms. The van der Waals surface area contributed by atoms with Crippen LogP contribution in [-0.4, -0.2) is 19.6 Å². The number of aryl methyl sites for hydroxylation is 1. The molecule has 6 heteroatoms. The van der Waals surface area contributed by atoms with E-state index in [0.29, 0.717) is 6.54 Å². The number of rotatable bonds is 7. The molecule has 1 aromatic carbocycles.